The lowest BCUT2D eigenvalue weighted by atomic mass is 9.74. The van der Waals surface area contributed by atoms with Gasteiger partial charge in [-0.05, 0) is 32.4 Å². The molecule has 1 aliphatic carbocycles. The number of halogens is 1. The molecule has 3 rings (SSSR count). The van der Waals surface area contributed by atoms with E-state index in [4.69, 9.17) is 4.74 Å². The van der Waals surface area contributed by atoms with Crippen molar-refractivity contribution in [3.8, 4) is 5.75 Å². The highest BCUT2D eigenvalue weighted by Crippen LogP contribution is 2.45. The van der Waals surface area contributed by atoms with Crippen LogP contribution in [0.1, 0.15) is 50.6 Å². The van der Waals surface area contributed by atoms with Gasteiger partial charge < -0.3 is 10.1 Å². The zero-order chi connectivity index (χ0) is 13.5. The molecule has 2 nitrogen and oxygen atoms in total. The molecule has 0 radical (unpaired) electrons. The third kappa shape index (κ3) is 2.48. The van der Waals surface area contributed by atoms with Crippen molar-refractivity contribution in [1.82, 2.24) is 5.32 Å². The van der Waals surface area contributed by atoms with Crippen molar-refractivity contribution in [3.05, 3.63) is 29.6 Å². The van der Waals surface area contributed by atoms with Gasteiger partial charge in [-0.25, -0.2) is 4.39 Å². The first-order chi connectivity index (χ1) is 9.09. The van der Waals surface area contributed by atoms with Crippen LogP contribution in [-0.2, 0) is 0 Å². The predicted molar refractivity (Wildman–Crippen MR) is 73.8 cm³/mol. The van der Waals surface area contributed by atoms with Gasteiger partial charge in [0.2, 0.25) is 0 Å². The van der Waals surface area contributed by atoms with E-state index in [-0.39, 0.29) is 17.5 Å². The highest BCUT2D eigenvalue weighted by atomic mass is 19.1. The minimum Gasteiger partial charge on any atom is -0.487 e. The Balaban J connectivity index is 1.86. The average Bonchev–Trinajstić information content (AvgIpc) is 2.32. The molecule has 0 spiro atoms. The fraction of sp³-hybridized carbons (Fsp3) is 0.625. The maximum Gasteiger partial charge on any atom is 0.127 e. The molecule has 104 valence electrons. The number of nitrogens with one attached hydrogen (secondary N) is 1. The van der Waals surface area contributed by atoms with Crippen LogP contribution in [0.3, 0.4) is 0 Å². The Bertz CT molecular complexity index is 472. The van der Waals surface area contributed by atoms with Crippen LogP contribution < -0.4 is 10.1 Å². The molecule has 1 aromatic rings. The molecule has 2 unspecified atom stereocenters. The van der Waals surface area contributed by atoms with Gasteiger partial charge in [-0.2, -0.15) is 0 Å². The zero-order valence-corrected chi connectivity index (χ0v) is 11.7. The van der Waals surface area contributed by atoms with Crippen molar-refractivity contribution in [2.75, 3.05) is 7.05 Å². The lowest BCUT2D eigenvalue weighted by Crippen LogP contribution is -2.43. The molecule has 1 N–H and O–H groups in total. The van der Waals surface area contributed by atoms with Gasteiger partial charge in [-0.15, -0.1) is 0 Å². The molecule has 19 heavy (non-hydrogen) atoms. The fourth-order valence-electron chi connectivity index (χ4n) is 3.42. The summed E-state index contributed by atoms with van der Waals surface area (Å²) < 4.78 is 19.6. The van der Waals surface area contributed by atoms with Crippen molar-refractivity contribution in [2.24, 2.45) is 5.92 Å². The van der Waals surface area contributed by atoms with E-state index < -0.39 is 0 Å². The summed E-state index contributed by atoms with van der Waals surface area (Å²) in [5, 5.41) is 3.34. The Morgan fingerprint density at radius 1 is 1.42 bits per heavy atom. The molecule has 3 heteroatoms. The summed E-state index contributed by atoms with van der Waals surface area (Å²) in [6.07, 6.45) is 6.03. The summed E-state index contributed by atoms with van der Waals surface area (Å²) in [4.78, 5) is 0. The number of hydrogen-bond acceptors (Lipinski definition) is 2. The Hall–Kier alpha value is -1.09. The van der Waals surface area contributed by atoms with Crippen molar-refractivity contribution in [3.63, 3.8) is 0 Å². The first-order valence-electron chi connectivity index (χ1n) is 7.25. The first-order valence-corrected chi connectivity index (χ1v) is 7.25. The van der Waals surface area contributed by atoms with E-state index in [1.165, 1.54) is 31.4 Å². The maximum atomic E-state index is 13.4. The highest BCUT2D eigenvalue weighted by Gasteiger charge is 2.39. The molecule has 0 bridgehead atoms. The predicted octanol–water partition coefficient (Wildman–Crippen LogP) is 3.82. The molecule has 0 saturated heterocycles. The highest BCUT2D eigenvalue weighted by molar-refractivity contribution is 5.39. The van der Waals surface area contributed by atoms with Crippen molar-refractivity contribution >= 4 is 0 Å². The van der Waals surface area contributed by atoms with Crippen LogP contribution in [0.15, 0.2) is 18.2 Å². The molecule has 1 heterocycles. The van der Waals surface area contributed by atoms with Crippen LogP contribution in [0.5, 0.6) is 5.75 Å². The quantitative estimate of drug-likeness (QED) is 0.895. The second-order valence-electron chi connectivity index (χ2n) is 6.28. The summed E-state index contributed by atoms with van der Waals surface area (Å²) in [5.74, 6) is 1.28. The van der Waals surface area contributed by atoms with Crippen LogP contribution in [0, 0.1) is 11.7 Å². The molecule has 1 fully saturated rings. The van der Waals surface area contributed by atoms with E-state index in [1.54, 1.807) is 0 Å². The number of fused-ring (bicyclic) bond motifs is 1. The largest absolute Gasteiger partial charge is 0.487 e. The molecular formula is C16H22FNO. The number of rotatable bonds is 3. The maximum absolute atomic E-state index is 13.4. The number of ether oxygens (including phenoxy) is 1. The summed E-state index contributed by atoms with van der Waals surface area (Å²) in [6, 6.07) is 5.14. The van der Waals surface area contributed by atoms with Gasteiger partial charge in [-0.3, -0.25) is 0 Å². The normalized spacial score (nSPS) is 30.4. The van der Waals surface area contributed by atoms with E-state index in [2.05, 4.69) is 12.2 Å². The van der Waals surface area contributed by atoms with Gasteiger partial charge in [0.15, 0.2) is 0 Å². The average molecular weight is 263 g/mol. The molecule has 0 amide bonds. The SMILES string of the molecule is CNC1CC(C)(CC2CCC2)Oc2cc(F)ccc21. The third-order valence-electron chi connectivity index (χ3n) is 4.64. The van der Waals surface area contributed by atoms with E-state index in [1.807, 2.05) is 13.1 Å². The fourth-order valence-corrected chi connectivity index (χ4v) is 3.42. The first kappa shape index (κ1) is 12.9. The van der Waals surface area contributed by atoms with Crippen LogP contribution in [0.2, 0.25) is 0 Å². The smallest absolute Gasteiger partial charge is 0.127 e. The Labute approximate surface area is 114 Å². The van der Waals surface area contributed by atoms with Crippen LogP contribution in [-0.4, -0.2) is 12.6 Å². The van der Waals surface area contributed by atoms with Gasteiger partial charge in [0.25, 0.3) is 0 Å². The van der Waals surface area contributed by atoms with Crippen LogP contribution in [0.4, 0.5) is 4.39 Å². The number of benzene rings is 1. The molecular weight excluding hydrogens is 241 g/mol. The summed E-state index contributed by atoms with van der Waals surface area (Å²) in [6.45, 7) is 2.17. The van der Waals surface area contributed by atoms with E-state index in [0.717, 1.165) is 24.3 Å². The lowest BCUT2D eigenvalue weighted by Gasteiger charge is -2.43. The van der Waals surface area contributed by atoms with Crippen molar-refractivity contribution < 1.29 is 9.13 Å². The number of hydrogen-bond donors (Lipinski definition) is 1. The van der Waals surface area contributed by atoms with Crippen LogP contribution >= 0.6 is 0 Å². The Morgan fingerprint density at radius 2 is 2.21 bits per heavy atom. The second-order valence-corrected chi connectivity index (χ2v) is 6.28. The van der Waals surface area contributed by atoms with Crippen molar-refractivity contribution in [2.45, 2.75) is 50.7 Å². The topological polar surface area (TPSA) is 21.3 Å². The van der Waals surface area contributed by atoms with Gasteiger partial charge >= 0.3 is 0 Å². The summed E-state index contributed by atoms with van der Waals surface area (Å²) in [7, 11) is 1.97. The third-order valence-corrected chi connectivity index (χ3v) is 4.64. The summed E-state index contributed by atoms with van der Waals surface area (Å²) in [5.41, 5.74) is 0.912. The van der Waals surface area contributed by atoms with Crippen molar-refractivity contribution in [1.29, 1.82) is 0 Å². The Morgan fingerprint density at radius 3 is 2.84 bits per heavy atom. The van der Waals surface area contributed by atoms with Crippen LogP contribution in [0.25, 0.3) is 0 Å². The van der Waals surface area contributed by atoms with E-state index in [0.29, 0.717) is 5.75 Å². The second kappa shape index (κ2) is 4.78. The minimum absolute atomic E-state index is 0.167. The Kier molecular flexibility index (Phi) is 3.25. The van der Waals surface area contributed by atoms with E-state index >= 15 is 0 Å². The molecule has 0 aromatic heterocycles. The van der Waals surface area contributed by atoms with E-state index in [9.17, 15) is 4.39 Å². The van der Waals surface area contributed by atoms with Gasteiger partial charge in [0.05, 0.1) is 0 Å². The minimum atomic E-state index is -0.221. The monoisotopic (exact) mass is 263 g/mol. The zero-order valence-electron chi connectivity index (χ0n) is 11.7. The van der Waals surface area contributed by atoms with Gasteiger partial charge in [0.1, 0.15) is 17.2 Å². The lowest BCUT2D eigenvalue weighted by molar-refractivity contribution is 0.0131. The molecule has 2 atom stereocenters. The van der Waals surface area contributed by atoms with Gasteiger partial charge in [-0.1, -0.05) is 25.3 Å². The molecule has 2 aliphatic rings. The van der Waals surface area contributed by atoms with Gasteiger partial charge in [0, 0.05) is 24.1 Å². The molecule has 1 saturated carbocycles. The standard InChI is InChI=1S/C16H22FNO/c1-16(9-11-4-3-5-11)10-14(18-2)13-7-6-12(17)8-15(13)19-16/h6-8,11,14,18H,3-5,9-10H2,1-2H3. The summed E-state index contributed by atoms with van der Waals surface area (Å²) >= 11 is 0. The molecule has 1 aromatic carbocycles. The molecule has 1 aliphatic heterocycles.